The van der Waals surface area contributed by atoms with Crippen molar-refractivity contribution < 1.29 is 4.79 Å². The summed E-state index contributed by atoms with van der Waals surface area (Å²) in [7, 11) is 0. The van der Waals surface area contributed by atoms with Gasteiger partial charge in [0.15, 0.2) is 0 Å². The minimum atomic E-state index is 0.241. The lowest BCUT2D eigenvalue weighted by atomic mass is 9.76. The maximum Gasteiger partial charge on any atom is 0.220 e. The van der Waals surface area contributed by atoms with Crippen LogP contribution in [-0.4, -0.2) is 25.5 Å². The third kappa shape index (κ3) is 5.07. The molecule has 1 amide bonds. The predicted molar refractivity (Wildman–Crippen MR) is 72.0 cm³/mol. The lowest BCUT2D eigenvalue weighted by Crippen LogP contribution is -2.44. The molecule has 17 heavy (non-hydrogen) atoms. The van der Waals surface area contributed by atoms with Crippen LogP contribution in [0.1, 0.15) is 58.8 Å². The van der Waals surface area contributed by atoms with Crippen molar-refractivity contribution in [1.82, 2.24) is 10.6 Å². The van der Waals surface area contributed by atoms with Gasteiger partial charge in [0.25, 0.3) is 0 Å². The first kappa shape index (κ1) is 14.5. The van der Waals surface area contributed by atoms with E-state index in [-0.39, 0.29) is 5.91 Å². The number of nitrogens with one attached hydrogen (secondary N) is 2. The van der Waals surface area contributed by atoms with E-state index in [1.807, 2.05) is 0 Å². The number of rotatable bonds is 7. The van der Waals surface area contributed by atoms with Gasteiger partial charge in [0.2, 0.25) is 5.91 Å². The molecule has 0 unspecified atom stereocenters. The Morgan fingerprint density at radius 1 is 1.24 bits per heavy atom. The molecular weight excluding hydrogens is 212 g/mol. The van der Waals surface area contributed by atoms with Gasteiger partial charge in [0, 0.05) is 13.0 Å². The second-order valence-electron chi connectivity index (χ2n) is 5.34. The molecule has 2 N–H and O–H groups in total. The van der Waals surface area contributed by atoms with Crippen molar-refractivity contribution in [2.45, 2.75) is 58.8 Å². The Morgan fingerprint density at radius 3 is 2.53 bits per heavy atom. The van der Waals surface area contributed by atoms with E-state index in [2.05, 4.69) is 24.5 Å². The van der Waals surface area contributed by atoms with Gasteiger partial charge in [-0.1, -0.05) is 26.7 Å². The first-order valence-electron chi connectivity index (χ1n) is 7.20. The largest absolute Gasteiger partial charge is 0.356 e. The second kappa shape index (κ2) is 7.70. The van der Waals surface area contributed by atoms with Crippen molar-refractivity contribution in [3.8, 4) is 0 Å². The second-order valence-corrected chi connectivity index (χ2v) is 5.34. The van der Waals surface area contributed by atoms with Gasteiger partial charge in [-0.3, -0.25) is 4.79 Å². The van der Waals surface area contributed by atoms with E-state index >= 15 is 0 Å². The summed E-state index contributed by atoms with van der Waals surface area (Å²) in [6.07, 6.45) is 7.63. The highest BCUT2D eigenvalue weighted by Gasteiger charge is 2.30. The van der Waals surface area contributed by atoms with E-state index in [1.165, 1.54) is 25.7 Å². The van der Waals surface area contributed by atoms with Gasteiger partial charge >= 0.3 is 0 Å². The van der Waals surface area contributed by atoms with Crippen molar-refractivity contribution in [2.75, 3.05) is 19.6 Å². The Hall–Kier alpha value is -0.570. The summed E-state index contributed by atoms with van der Waals surface area (Å²) >= 11 is 0. The van der Waals surface area contributed by atoms with E-state index in [1.54, 1.807) is 0 Å². The number of unbranched alkanes of at least 4 members (excludes halogenated alkanes) is 2. The number of piperidine rings is 1. The van der Waals surface area contributed by atoms with Crippen molar-refractivity contribution in [3.63, 3.8) is 0 Å². The van der Waals surface area contributed by atoms with E-state index in [9.17, 15) is 4.79 Å². The van der Waals surface area contributed by atoms with Crippen molar-refractivity contribution >= 4 is 5.91 Å². The van der Waals surface area contributed by atoms with Crippen molar-refractivity contribution in [2.24, 2.45) is 5.41 Å². The van der Waals surface area contributed by atoms with Crippen LogP contribution in [0.15, 0.2) is 0 Å². The first-order valence-corrected chi connectivity index (χ1v) is 7.20. The molecule has 0 bridgehead atoms. The molecule has 0 radical (unpaired) electrons. The number of hydrogen-bond acceptors (Lipinski definition) is 2. The van der Waals surface area contributed by atoms with Crippen LogP contribution >= 0.6 is 0 Å². The number of amides is 1. The molecule has 3 heteroatoms. The van der Waals surface area contributed by atoms with Crippen molar-refractivity contribution in [3.05, 3.63) is 0 Å². The van der Waals surface area contributed by atoms with Crippen molar-refractivity contribution in [1.29, 1.82) is 0 Å². The zero-order chi connectivity index (χ0) is 12.6. The minimum Gasteiger partial charge on any atom is -0.356 e. The summed E-state index contributed by atoms with van der Waals surface area (Å²) in [4.78, 5) is 11.7. The topological polar surface area (TPSA) is 41.1 Å². The molecule has 0 aromatic rings. The van der Waals surface area contributed by atoms with Crippen LogP contribution in [-0.2, 0) is 4.79 Å². The van der Waals surface area contributed by atoms with Gasteiger partial charge in [0.1, 0.15) is 0 Å². The Labute approximate surface area is 106 Å². The van der Waals surface area contributed by atoms with Crippen LogP contribution in [0.4, 0.5) is 0 Å². The van der Waals surface area contributed by atoms with Crippen LogP contribution < -0.4 is 10.6 Å². The van der Waals surface area contributed by atoms with Gasteiger partial charge in [-0.05, 0) is 44.2 Å². The zero-order valence-corrected chi connectivity index (χ0v) is 11.5. The van der Waals surface area contributed by atoms with Gasteiger partial charge in [0.05, 0.1) is 0 Å². The average Bonchev–Trinajstić information content (AvgIpc) is 2.38. The monoisotopic (exact) mass is 240 g/mol. The Bertz CT molecular complexity index is 222. The molecule has 0 saturated carbocycles. The number of hydrogen-bond donors (Lipinski definition) is 2. The van der Waals surface area contributed by atoms with Crippen LogP contribution in [0.3, 0.4) is 0 Å². The van der Waals surface area contributed by atoms with E-state index in [0.717, 1.165) is 32.5 Å². The quantitative estimate of drug-likeness (QED) is 0.671. The molecular formula is C14H28N2O. The molecule has 1 heterocycles. The summed E-state index contributed by atoms with van der Waals surface area (Å²) in [5, 5.41) is 6.53. The molecule has 0 aromatic heterocycles. The summed E-state index contributed by atoms with van der Waals surface area (Å²) in [5.41, 5.74) is 0.353. The van der Waals surface area contributed by atoms with E-state index < -0.39 is 0 Å². The summed E-state index contributed by atoms with van der Waals surface area (Å²) in [6.45, 7) is 7.47. The highest BCUT2D eigenvalue weighted by Crippen LogP contribution is 2.31. The lowest BCUT2D eigenvalue weighted by molar-refractivity contribution is -0.121. The Kier molecular flexibility index (Phi) is 6.56. The molecule has 0 atom stereocenters. The third-order valence-electron chi connectivity index (χ3n) is 4.08. The summed E-state index contributed by atoms with van der Waals surface area (Å²) < 4.78 is 0. The van der Waals surface area contributed by atoms with Crippen LogP contribution in [0.2, 0.25) is 0 Å². The zero-order valence-electron chi connectivity index (χ0n) is 11.5. The fraction of sp³-hybridized carbons (Fsp3) is 0.929. The average molecular weight is 240 g/mol. The fourth-order valence-corrected chi connectivity index (χ4v) is 2.52. The minimum absolute atomic E-state index is 0.241. The highest BCUT2D eigenvalue weighted by atomic mass is 16.1. The molecule has 1 rings (SSSR count). The lowest BCUT2D eigenvalue weighted by Gasteiger charge is -2.37. The molecule has 3 nitrogen and oxygen atoms in total. The molecule has 0 aromatic carbocycles. The number of carbonyl (C=O) groups is 1. The smallest absolute Gasteiger partial charge is 0.220 e. The van der Waals surface area contributed by atoms with Gasteiger partial charge in [-0.15, -0.1) is 0 Å². The molecule has 100 valence electrons. The molecule has 0 spiro atoms. The normalized spacial score (nSPS) is 18.9. The SMILES string of the molecule is CCCCCC(=O)NCC1(CC)CCNCC1. The van der Waals surface area contributed by atoms with E-state index in [0.29, 0.717) is 11.8 Å². The van der Waals surface area contributed by atoms with Crippen LogP contribution in [0.25, 0.3) is 0 Å². The highest BCUT2D eigenvalue weighted by molar-refractivity contribution is 5.75. The van der Waals surface area contributed by atoms with Crippen LogP contribution in [0.5, 0.6) is 0 Å². The maximum atomic E-state index is 11.7. The maximum absolute atomic E-state index is 11.7. The predicted octanol–water partition coefficient (Wildman–Crippen LogP) is 2.46. The van der Waals surface area contributed by atoms with Gasteiger partial charge < -0.3 is 10.6 Å². The first-order chi connectivity index (χ1) is 8.22. The molecule has 1 fully saturated rings. The summed E-state index contributed by atoms with van der Waals surface area (Å²) in [6, 6.07) is 0. The Balaban J connectivity index is 2.24. The fourth-order valence-electron chi connectivity index (χ4n) is 2.52. The van der Waals surface area contributed by atoms with Gasteiger partial charge in [-0.25, -0.2) is 0 Å². The molecule has 1 aliphatic heterocycles. The van der Waals surface area contributed by atoms with Crippen LogP contribution in [0, 0.1) is 5.41 Å². The third-order valence-corrected chi connectivity index (χ3v) is 4.08. The van der Waals surface area contributed by atoms with Gasteiger partial charge in [-0.2, -0.15) is 0 Å². The van der Waals surface area contributed by atoms with E-state index in [4.69, 9.17) is 0 Å². The molecule has 0 aliphatic carbocycles. The standard InChI is InChI=1S/C14H28N2O/c1-3-5-6-7-13(17)16-12-14(4-2)8-10-15-11-9-14/h15H,3-12H2,1-2H3,(H,16,17). The Morgan fingerprint density at radius 2 is 1.94 bits per heavy atom. The molecule has 1 saturated heterocycles. The molecule has 1 aliphatic rings. The summed E-state index contributed by atoms with van der Waals surface area (Å²) in [5.74, 6) is 0.241. The number of carbonyl (C=O) groups excluding carboxylic acids is 1.